The summed E-state index contributed by atoms with van der Waals surface area (Å²) in [6.07, 6.45) is 0. The highest BCUT2D eigenvalue weighted by Crippen LogP contribution is 2.12. The lowest BCUT2D eigenvalue weighted by Crippen LogP contribution is -2.39. The number of aliphatic imine (C=N–C) groups is 1. The molecule has 2 aromatic carbocycles. The molecule has 0 fully saturated rings. The maximum atomic E-state index is 13.1. The van der Waals surface area contributed by atoms with E-state index in [1.807, 2.05) is 31.2 Å². The molecule has 2 N–H and O–H groups in total. The topological polar surface area (TPSA) is 54.9 Å². The van der Waals surface area contributed by atoms with E-state index in [1.54, 1.807) is 19.2 Å². The molecule has 0 aliphatic heterocycles. The maximum Gasteiger partial charge on any atom is 0.191 e. The van der Waals surface area contributed by atoms with Gasteiger partial charge in [0, 0.05) is 12.6 Å². The van der Waals surface area contributed by atoms with Gasteiger partial charge in [0.25, 0.3) is 0 Å². The van der Waals surface area contributed by atoms with E-state index in [-0.39, 0.29) is 5.82 Å². The van der Waals surface area contributed by atoms with Crippen LogP contribution in [0, 0.1) is 5.82 Å². The van der Waals surface area contributed by atoms with Crippen LogP contribution in [0.2, 0.25) is 0 Å². The van der Waals surface area contributed by atoms with E-state index in [0.29, 0.717) is 31.4 Å². The van der Waals surface area contributed by atoms with Gasteiger partial charge in [-0.3, -0.25) is 0 Å². The molecule has 0 saturated carbocycles. The van der Waals surface area contributed by atoms with E-state index < -0.39 is 0 Å². The SMILES string of the molecule is CCNC(=NCc1ccc(OC)cc1)NCCOc1cccc(F)c1. The fraction of sp³-hybridized carbons (Fsp3) is 0.316. The third-order valence-electron chi connectivity index (χ3n) is 3.38. The number of methoxy groups -OCH3 is 1. The molecule has 5 nitrogen and oxygen atoms in total. The Labute approximate surface area is 147 Å². The summed E-state index contributed by atoms with van der Waals surface area (Å²) in [7, 11) is 1.65. The van der Waals surface area contributed by atoms with Crippen molar-refractivity contribution in [1.82, 2.24) is 10.6 Å². The molecular formula is C19H24FN3O2. The second-order valence-corrected chi connectivity index (χ2v) is 5.28. The summed E-state index contributed by atoms with van der Waals surface area (Å²) in [4.78, 5) is 4.54. The Morgan fingerprint density at radius 1 is 1.08 bits per heavy atom. The van der Waals surface area contributed by atoms with Crippen LogP contribution in [-0.2, 0) is 6.54 Å². The van der Waals surface area contributed by atoms with Crippen molar-refractivity contribution in [3.05, 3.63) is 59.9 Å². The summed E-state index contributed by atoms with van der Waals surface area (Å²) in [5, 5.41) is 6.38. The van der Waals surface area contributed by atoms with Gasteiger partial charge in [0.2, 0.25) is 0 Å². The zero-order valence-corrected chi connectivity index (χ0v) is 14.6. The molecule has 0 aliphatic rings. The summed E-state index contributed by atoms with van der Waals surface area (Å²) in [6, 6.07) is 13.9. The fourth-order valence-corrected chi connectivity index (χ4v) is 2.14. The van der Waals surface area contributed by atoms with Gasteiger partial charge in [-0.25, -0.2) is 9.38 Å². The van der Waals surface area contributed by atoms with Crippen LogP contribution in [0.3, 0.4) is 0 Å². The fourth-order valence-electron chi connectivity index (χ4n) is 2.14. The number of hydrogen-bond donors (Lipinski definition) is 2. The standard InChI is InChI=1S/C19H24FN3O2/c1-3-21-19(23-14-15-7-9-17(24-2)10-8-15)22-11-12-25-18-6-4-5-16(20)13-18/h4-10,13H,3,11-12,14H2,1-2H3,(H2,21,22,23). The van der Waals surface area contributed by atoms with E-state index in [9.17, 15) is 4.39 Å². The Kier molecular flexibility index (Phi) is 7.56. The molecule has 2 aromatic rings. The van der Waals surface area contributed by atoms with Crippen LogP contribution >= 0.6 is 0 Å². The van der Waals surface area contributed by atoms with Crippen molar-refractivity contribution in [2.75, 3.05) is 26.8 Å². The van der Waals surface area contributed by atoms with Gasteiger partial charge in [0.1, 0.15) is 23.9 Å². The Morgan fingerprint density at radius 2 is 1.88 bits per heavy atom. The molecule has 0 amide bonds. The van der Waals surface area contributed by atoms with Gasteiger partial charge in [-0.05, 0) is 36.8 Å². The lowest BCUT2D eigenvalue weighted by atomic mass is 10.2. The molecule has 0 aliphatic carbocycles. The summed E-state index contributed by atoms with van der Waals surface area (Å²) in [5.74, 6) is 1.75. The minimum absolute atomic E-state index is 0.306. The number of rotatable bonds is 8. The quantitative estimate of drug-likeness (QED) is 0.439. The summed E-state index contributed by atoms with van der Waals surface area (Å²) in [5.41, 5.74) is 1.09. The Hall–Kier alpha value is -2.76. The van der Waals surface area contributed by atoms with Gasteiger partial charge in [-0.15, -0.1) is 0 Å². The predicted molar refractivity (Wildman–Crippen MR) is 97.7 cm³/mol. The van der Waals surface area contributed by atoms with Crippen molar-refractivity contribution >= 4 is 5.96 Å². The van der Waals surface area contributed by atoms with Crippen molar-refractivity contribution in [3.8, 4) is 11.5 Å². The molecule has 0 unspecified atom stereocenters. The van der Waals surface area contributed by atoms with Gasteiger partial charge in [-0.2, -0.15) is 0 Å². The van der Waals surface area contributed by atoms with Gasteiger partial charge in [0.05, 0.1) is 20.2 Å². The minimum Gasteiger partial charge on any atom is -0.497 e. The molecule has 0 heterocycles. The molecule has 0 aromatic heterocycles. The van der Waals surface area contributed by atoms with Gasteiger partial charge in [0.15, 0.2) is 5.96 Å². The molecule has 0 bridgehead atoms. The van der Waals surface area contributed by atoms with Crippen molar-refractivity contribution in [1.29, 1.82) is 0 Å². The van der Waals surface area contributed by atoms with Crippen molar-refractivity contribution in [3.63, 3.8) is 0 Å². The molecule has 0 radical (unpaired) electrons. The lowest BCUT2D eigenvalue weighted by Gasteiger charge is -2.12. The highest BCUT2D eigenvalue weighted by atomic mass is 19.1. The number of nitrogens with one attached hydrogen (secondary N) is 2. The van der Waals surface area contributed by atoms with E-state index >= 15 is 0 Å². The van der Waals surface area contributed by atoms with Crippen LogP contribution in [0.1, 0.15) is 12.5 Å². The van der Waals surface area contributed by atoms with Crippen LogP contribution in [0.15, 0.2) is 53.5 Å². The summed E-state index contributed by atoms with van der Waals surface area (Å²) < 4.78 is 23.7. The first-order valence-electron chi connectivity index (χ1n) is 8.24. The van der Waals surface area contributed by atoms with E-state index in [2.05, 4.69) is 15.6 Å². The molecule has 0 atom stereocenters. The molecule has 0 saturated heterocycles. The third-order valence-corrected chi connectivity index (χ3v) is 3.38. The third kappa shape index (κ3) is 6.71. The van der Waals surface area contributed by atoms with Gasteiger partial charge >= 0.3 is 0 Å². The molecule has 6 heteroatoms. The van der Waals surface area contributed by atoms with Crippen molar-refractivity contribution in [2.45, 2.75) is 13.5 Å². The van der Waals surface area contributed by atoms with Crippen LogP contribution in [0.5, 0.6) is 11.5 Å². The van der Waals surface area contributed by atoms with Crippen LogP contribution in [-0.4, -0.2) is 32.8 Å². The molecule has 0 spiro atoms. The Balaban J connectivity index is 1.80. The smallest absolute Gasteiger partial charge is 0.191 e. The van der Waals surface area contributed by atoms with E-state index in [1.165, 1.54) is 12.1 Å². The van der Waals surface area contributed by atoms with Gasteiger partial charge in [-0.1, -0.05) is 18.2 Å². The van der Waals surface area contributed by atoms with E-state index in [4.69, 9.17) is 9.47 Å². The highest BCUT2D eigenvalue weighted by molar-refractivity contribution is 5.79. The van der Waals surface area contributed by atoms with E-state index in [0.717, 1.165) is 17.9 Å². The normalized spacial score (nSPS) is 11.1. The highest BCUT2D eigenvalue weighted by Gasteiger charge is 2.00. The second kappa shape index (κ2) is 10.2. The largest absolute Gasteiger partial charge is 0.497 e. The molecule has 134 valence electrons. The van der Waals surface area contributed by atoms with Crippen LogP contribution in [0.25, 0.3) is 0 Å². The second-order valence-electron chi connectivity index (χ2n) is 5.28. The first-order chi connectivity index (χ1) is 12.2. The number of guanidine groups is 1. The number of halogens is 1. The monoisotopic (exact) mass is 345 g/mol. The Morgan fingerprint density at radius 3 is 2.56 bits per heavy atom. The zero-order valence-electron chi connectivity index (χ0n) is 14.6. The molecule has 2 rings (SSSR count). The molecular weight excluding hydrogens is 321 g/mol. The number of nitrogens with zero attached hydrogens (tertiary/aromatic N) is 1. The first kappa shape index (κ1) is 18.6. The average Bonchev–Trinajstić information content (AvgIpc) is 2.63. The van der Waals surface area contributed by atoms with Crippen molar-refractivity contribution in [2.24, 2.45) is 4.99 Å². The van der Waals surface area contributed by atoms with Gasteiger partial charge < -0.3 is 20.1 Å². The number of benzene rings is 2. The predicted octanol–water partition coefficient (Wildman–Crippen LogP) is 2.97. The van der Waals surface area contributed by atoms with Crippen LogP contribution in [0.4, 0.5) is 4.39 Å². The van der Waals surface area contributed by atoms with Crippen molar-refractivity contribution < 1.29 is 13.9 Å². The Bertz CT molecular complexity index is 675. The lowest BCUT2D eigenvalue weighted by molar-refractivity contribution is 0.320. The summed E-state index contributed by atoms with van der Waals surface area (Å²) >= 11 is 0. The molecule has 25 heavy (non-hydrogen) atoms. The first-order valence-corrected chi connectivity index (χ1v) is 8.24. The van der Waals surface area contributed by atoms with Crippen LogP contribution < -0.4 is 20.1 Å². The minimum atomic E-state index is -0.306. The zero-order chi connectivity index (χ0) is 17.9. The maximum absolute atomic E-state index is 13.1. The average molecular weight is 345 g/mol. The summed E-state index contributed by atoms with van der Waals surface area (Å²) in [6.45, 7) is 4.30. The number of hydrogen-bond acceptors (Lipinski definition) is 3. The number of ether oxygens (including phenoxy) is 2.